The number of nitriles is 1. The Labute approximate surface area is 105 Å². The van der Waals surface area contributed by atoms with Crippen molar-refractivity contribution in [3.63, 3.8) is 0 Å². The van der Waals surface area contributed by atoms with Crippen molar-refractivity contribution in [2.24, 2.45) is 0 Å². The van der Waals surface area contributed by atoms with Crippen LogP contribution in [0.4, 0.5) is 4.39 Å². The van der Waals surface area contributed by atoms with E-state index in [-0.39, 0.29) is 11.0 Å². The molecule has 2 rings (SSSR count). The summed E-state index contributed by atoms with van der Waals surface area (Å²) in [4.78, 5) is 0. The third-order valence-corrected chi connectivity index (χ3v) is 2.82. The van der Waals surface area contributed by atoms with Crippen molar-refractivity contribution in [1.82, 2.24) is 10.2 Å². The first-order valence-corrected chi connectivity index (χ1v) is 5.68. The van der Waals surface area contributed by atoms with Crippen LogP contribution in [0.1, 0.15) is 31.9 Å². The van der Waals surface area contributed by atoms with Crippen LogP contribution in [-0.2, 0) is 5.41 Å². The summed E-state index contributed by atoms with van der Waals surface area (Å²) in [6.45, 7) is 6.11. The number of nitrogens with zero attached hydrogens (tertiary/aromatic N) is 2. The summed E-state index contributed by atoms with van der Waals surface area (Å²) < 4.78 is 14.1. The molecule has 1 N–H and O–H groups in total. The monoisotopic (exact) mass is 243 g/mol. The van der Waals surface area contributed by atoms with Crippen LogP contribution >= 0.6 is 0 Å². The SMILES string of the molecule is CC(C)(C)c1c[nH]nc1-c1cccc(C#N)c1F. The van der Waals surface area contributed by atoms with Gasteiger partial charge in [-0.05, 0) is 17.5 Å². The number of hydrogen-bond donors (Lipinski definition) is 1. The summed E-state index contributed by atoms with van der Waals surface area (Å²) in [5, 5.41) is 15.7. The highest BCUT2D eigenvalue weighted by molar-refractivity contribution is 5.66. The second kappa shape index (κ2) is 4.26. The van der Waals surface area contributed by atoms with Crippen molar-refractivity contribution in [3.8, 4) is 17.3 Å². The Kier molecular flexibility index (Phi) is 2.92. The summed E-state index contributed by atoms with van der Waals surface area (Å²) in [6, 6.07) is 6.61. The second-order valence-electron chi connectivity index (χ2n) is 5.18. The van der Waals surface area contributed by atoms with Crippen LogP contribution in [0.25, 0.3) is 11.3 Å². The van der Waals surface area contributed by atoms with E-state index >= 15 is 0 Å². The number of rotatable bonds is 1. The molecule has 1 heterocycles. The second-order valence-corrected chi connectivity index (χ2v) is 5.18. The van der Waals surface area contributed by atoms with Gasteiger partial charge in [0.1, 0.15) is 11.9 Å². The number of aromatic nitrogens is 2. The molecule has 0 aliphatic carbocycles. The van der Waals surface area contributed by atoms with Crippen LogP contribution in [0, 0.1) is 17.1 Å². The molecule has 0 spiro atoms. The third kappa shape index (κ3) is 2.00. The van der Waals surface area contributed by atoms with E-state index in [4.69, 9.17) is 5.26 Å². The molecule has 0 bridgehead atoms. The fourth-order valence-corrected chi connectivity index (χ4v) is 1.87. The third-order valence-electron chi connectivity index (χ3n) is 2.82. The predicted molar refractivity (Wildman–Crippen MR) is 67.4 cm³/mol. The van der Waals surface area contributed by atoms with Gasteiger partial charge in [0, 0.05) is 17.3 Å². The summed E-state index contributed by atoms with van der Waals surface area (Å²) in [5.74, 6) is -0.516. The predicted octanol–water partition coefficient (Wildman–Crippen LogP) is 3.38. The van der Waals surface area contributed by atoms with Crippen molar-refractivity contribution < 1.29 is 4.39 Å². The van der Waals surface area contributed by atoms with Crippen molar-refractivity contribution in [2.45, 2.75) is 26.2 Å². The molecule has 0 saturated heterocycles. The van der Waals surface area contributed by atoms with E-state index in [2.05, 4.69) is 10.2 Å². The van der Waals surface area contributed by atoms with Crippen LogP contribution in [-0.4, -0.2) is 10.2 Å². The smallest absolute Gasteiger partial charge is 0.150 e. The zero-order valence-electron chi connectivity index (χ0n) is 10.6. The highest BCUT2D eigenvalue weighted by Crippen LogP contribution is 2.33. The molecule has 0 amide bonds. The van der Waals surface area contributed by atoms with Gasteiger partial charge in [0.25, 0.3) is 0 Å². The molecule has 0 radical (unpaired) electrons. The largest absolute Gasteiger partial charge is 0.285 e. The summed E-state index contributed by atoms with van der Waals surface area (Å²) >= 11 is 0. The Morgan fingerprint density at radius 1 is 1.33 bits per heavy atom. The Hall–Kier alpha value is -2.15. The maximum Gasteiger partial charge on any atom is 0.150 e. The molecule has 0 aliphatic heterocycles. The molecule has 18 heavy (non-hydrogen) atoms. The Morgan fingerprint density at radius 2 is 2.06 bits per heavy atom. The first-order chi connectivity index (χ1) is 8.45. The molecule has 0 saturated carbocycles. The number of halogens is 1. The minimum atomic E-state index is -0.516. The molecule has 0 atom stereocenters. The average molecular weight is 243 g/mol. The molecule has 3 nitrogen and oxygen atoms in total. The van der Waals surface area contributed by atoms with Gasteiger partial charge in [0.2, 0.25) is 0 Å². The fraction of sp³-hybridized carbons (Fsp3) is 0.286. The number of nitrogens with one attached hydrogen (secondary N) is 1. The van der Waals surface area contributed by atoms with Crippen molar-refractivity contribution >= 4 is 0 Å². The van der Waals surface area contributed by atoms with E-state index < -0.39 is 5.82 Å². The zero-order chi connectivity index (χ0) is 13.3. The molecule has 0 aliphatic rings. The van der Waals surface area contributed by atoms with Crippen LogP contribution in [0.15, 0.2) is 24.4 Å². The van der Waals surface area contributed by atoms with Crippen LogP contribution < -0.4 is 0 Å². The molecular weight excluding hydrogens is 229 g/mol. The number of H-pyrrole nitrogens is 1. The highest BCUT2D eigenvalue weighted by Gasteiger charge is 2.23. The summed E-state index contributed by atoms with van der Waals surface area (Å²) in [5.41, 5.74) is 1.75. The van der Waals surface area contributed by atoms with Crippen LogP contribution in [0.3, 0.4) is 0 Å². The lowest BCUT2D eigenvalue weighted by Gasteiger charge is -2.18. The van der Waals surface area contributed by atoms with Gasteiger partial charge in [0.05, 0.1) is 11.3 Å². The maximum atomic E-state index is 14.1. The van der Waals surface area contributed by atoms with Gasteiger partial charge in [-0.25, -0.2) is 4.39 Å². The molecule has 92 valence electrons. The summed E-state index contributed by atoms with van der Waals surface area (Å²) in [7, 11) is 0. The van der Waals surface area contributed by atoms with Gasteiger partial charge < -0.3 is 0 Å². The van der Waals surface area contributed by atoms with Crippen molar-refractivity contribution in [3.05, 3.63) is 41.3 Å². The first kappa shape index (κ1) is 12.3. The zero-order valence-corrected chi connectivity index (χ0v) is 10.6. The number of benzene rings is 1. The molecular formula is C14H14FN3. The average Bonchev–Trinajstić information content (AvgIpc) is 2.78. The minimum absolute atomic E-state index is 0.0374. The van der Waals surface area contributed by atoms with Gasteiger partial charge in [0.15, 0.2) is 0 Å². The lowest BCUT2D eigenvalue weighted by atomic mass is 9.85. The minimum Gasteiger partial charge on any atom is -0.285 e. The van der Waals surface area contributed by atoms with Crippen molar-refractivity contribution in [2.75, 3.05) is 0 Å². The van der Waals surface area contributed by atoms with Gasteiger partial charge in [-0.2, -0.15) is 10.4 Å². The highest BCUT2D eigenvalue weighted by atomic mass is 19.1. The normalized spacial score (nSPS) is 11.3. The summed E-state index contributed by atoms with van der Waals surface area (Å²) in [6.07, 6.45) is 1.77. The number of hydrogen-bond acceptors (Lipinski definition) is 2. The molecule has 0 unspecified atom stereocenters. The van der Waals surface area contributed by atoms with Crippen LogP contribution in [0.5, 0.6) is 0 Å². The molecule has 1 aromatic carbocycles. The number of aromatic amines is 1. The standard InChI is InChI=1S/C14H14FN3/c1-14(2,3)11-8-17-18-13(11)10-6-4-5-9(7-16)12(10)15/h4-6,8H,1-3H3,(H,17,18). The van der Waals surface area contributed by atoms with Gasteiger partial charge >= 0.3 is 0 Å². The molecule has 4 heteroatoms. The van der Waals surface area contributed by atoms with E-state index in [1.165, 1.54) is 6.07 Å². The fourth-order valence-electron chi connectivity index (χ4n) is 1.87. The van der Waals surface area contributed by atoms with Crippen molar-refractivity contribution in [1.29, 1.82) is 5.26 Å². The van der Waals surface area contributed by atoms with Gasteiger partial charge in [-0.15, -0.1) is 0 Å². The lowest BCUT2D eigenvalue weighted by Crippen LogP contribution is -2.11. The van der Waals surface area contributed by atoms with E-state index in [9.17, 15) is 4.39 Å². The molecule has 2 aromatic rings. The topological polar surface area (TPSA) is 52.5 Å². The van der Waals surface area contributed by atoms with E-state index in [1.807, 2.05) is 26.8 Å². The Bertz CT molecular complexity index is 615. The van der Waals surface area contributed by atoms with E-state index in [0.29, 0.717) is 11.3 Å². The Morgan fingerprint density at radius 3 is 2.67 bits per heavy atom. The lowest BCUT2D eigenvalue weighted by molar-refractivity contribution is 0.590. The van der Waals surface area contributed by atoms with E-state index in [1.54, 1.807) is 18.3 Å². The van der Waals surface area contributed by atoms with Gasteiger partial charge in [-0.1, -0.05) is 26.8 Å². The molecule has 0 fully saturated rings. The Balaban J connectivity index is 2.65. The maximum absolute atomic E-state index is 14.1. The first-order valence-electron chi connectivity index (χ1n) is 5.68. The van der Waals surface area contributed by atoms with Gasteiger partial charge in [-0.3, -0.25) is 5.10 Å². The van der Waals surface area contributed by atoms with Crippen LogP contribution in [0.2, 0.25) is 0 Å². The van der Waals surface area contributed by atoms with E-state index in [0.717, 1.165) is 5.56 Å². The quantitative estimate of drug-likeness (QED) is 0.834. The molecule has 1 aromatic heterocycles.